The molecule has 1 amide bonds. The lowest BCUT2D eigenvalue weighted by molar-refractivity contribution is 0.0951. The SMILES string of the molecule is Cc1cccc(CNC(=O)c2ccc(S(=O)(=O)N3CCCC(C)C3)cc2)c1. The van der Waals surface area contributed by atoms with Crippen molar-refractivity contribution >= 4 is 15.9 Å². The van der Waals surface area contributed by atoms with Crippen molar-refractivity contribution in [2.24, 2.45) is 5.92 Å². The largest absolute Gasteiger partial charge is 0.348 e. The van der Waals surface area contributed by atoms with Gasteiger partial charge in [0.15, 0.2) is 0 Å². The average molecular weight is 387 g/mol. The van der Waals surface area contributed by atoms with E-state index in [-0.39, 0.29) is 10.8 Å². The Kier molecular flexibility index (Phi) is 5.97. The number of carbonyl (C=O) groups is 1. The molecule has 1 aliphatic rings. The standard InChI is InChI=1S/C21H26N2O3S/c1-16-5-3-7-18(13-16)14-22-21(24)19-8-10-20(11-9-19)27(25,26)23-12-4-6-17(2)15-23/h3,5,7-11,13,17H,4,6,12,14-15H2,1-2H3,(H,22,24). The highest BCUT2D eigenvalue weighted by atomic mass is 32.2. The Morgan fingerprint density at radius 1 is 1.19 bits per heavy atom. The minimum Gasteiger partial charge on any atom is -0.348 e. The number of carbonyl (C=O) groups excluding carboxylic acids is 1. The van der Waals surface area contributed by atoms with Crippen molar-refractivity contribution in [1.82, 2.24) is 9.62 Å². The monoisotopic (exact) mass is 386 g/mol. The molecule has 1 unspecified atom stereocenters. The fourth-order valence-corrected chi connectivity index (χ4v) is 5.00. The van der Waals surface area contributed by atoms with E-state index >= 15 is 0 Å². The van der Waals surface area contributed by atoms with Gasteiger partial charge in [-0.15, -0.1) is 0 Å². The van der Waals surface area contributed by atoms with Crippen LogP contribution in [-0.2, 0) is 16.6 Å². The molecule has 5 nitrogen and oxygen atoms in total. The minimum absolute atomic E-state index is 0.216. The summed E-state index contributed by atoms with van der Waals surface area (Å²) in [6, 6.07) is 14.1. The summed E-state index contributed by atoms with van der Waals surface area (Å²) in [5, 5.41) is 2.87. The summed E-state index contributed by atoms with van der Waals surface area (Å²) in [4.78, 5) is 12.6. The Labute approximate surface area is 161 Å². The molecular weight excluding hydrogens is 360 g/mol. The molecule has 144 valence electrons. The third kappa shape index (κ3) is 4.76. The molecule has 2 aromatic rings. The highest BCUT2D eigenvalue weighted by molar-refractivity contribution is 7.89. The molecule has 1 N–H and O–H groups in total. The van der Waals surface area contributed by atoms with Crippen LogP contribution in [0.1, 0.15) is 41.3 Å². The van der Waals surface area contributed by atoms with Crippen LogP contribution in [0, 0.1) is 12.8 Å². The minimum atomic E-state index is -3.50. The molecule has 1 heterocycles. The summed E-state index contributed by atoms with van der Waals surface area (Å²) >= 11 is 0. The Bertz CT molecular complexity index is 907. The fourth-order valence-electron chi connectivity index (χ4n) is 3.40. The molecule has 2 aromatic carbocycles. The zero-order valence-corrected chi connectivity index (χ0v) is 16.6. The first-order valence-corrected chi connectivity index (χ1v) is 10.7. The molecule has 3 rings (SSSR count). The Hall–Kier alpha value is -2.18. The number of hydrogen-bond donors (Lipinski definition) is 1. The Morgan fingerprint density at radius 2 is 1.93 bits per heavy atom. The maximum atomic E-state index is 12.8. The quantitative estimate of drug-likeness (QED) is 0.857. The molecule has 1 fully saturated rings. The van der Waals surface area contributed by atoms with Gasteiger partial charge in [-0.2, -0.15) is 4.31 Å². The van der Waals surface area contributed by atoms with Crippen LogP contribution in [0.2, 0.25) is 0 Å². The first kappa shape index (κ1) is 19.6. The van der Waals surface area contributed by atoms with E-state index in [9.17, 15) is 13.2 Å². The first-order chi connectivity index (χ1) is 12.9. The van der Waals surface area contributed by atoms with Crippen LogP contribution in [0.15, 0.2) is 53.4 Å². The maximum absolute atomic E-state index is 12.8. The van der Waals surface area contributed by atoms with Crippen molar-refractivity contribution in [3.05, 3.63) is 65.2 Å². The van der Waals surface area contributed by atoms with Crippen LogP contribution in [0.5, 0.6) is 0 Å². The van der Waals surface area contributed by atoms with Gasteiger partial charge in [0.25, 0.3) is 5.91 Å². The number of piperidine rings is 1. The molecule has 0 bridgehead atoms. The molecular formula is C21H26N2O3S. The molecule has 0 spiro atoms. The van der Waals surface area contributed by atoms with Crippen molar-refractivity contribution in [2.45, 2.75) is 38.1 Å². The fraction of sp³-hybridized carbons (Fsp3) is 0.381. The van der Waals surface area contributed by atoms with Gasteiger partial charge in [0.05, 0.1) is 4.90 Å². The van der Waals surface area contributed by atoms with Crippen molar-refractivity contribution in [3.8, 4) is 0 Å². The van der Waals surface area contributed by atoms with Crippen molar-refractivity contribution < 1.29 is 13.2 Å². The molecule has 0 aromatic heterocycles. The lowest BCUT2D eigenvalue weighted by Crippen LogP contribution is -2.39. The highest BCUT2D eigenvalue weighted by Crippen LogP contribution is 2.23. The predicted molar refractivity (Wildman–Crippen MR) is 106 cm³/mol. The van der Waals surface area contributed by atoms with Crippen molar-refractivity contribution in [2.75, 3.05) is 13.1 Å². The topological polar surface area (TPSA) is 66.5 Å². The van der Waals surface area contributed by atoms with E-state index in [2.05, 4.69) is 12.2 Å². The lowest BCUT2D eigenvalue weighted by Gasteiger charge is -2.30. The number of amides is 1. The summed E-state index contributed by atoms with van der Waals surface area (Å²) in [7, 11) is -3.50. The number of rotatable bonds is 5. The van der Waals surface area contributed by atoms with Gasteiger partial charge in [-0.05, 0) is 55.5 Å². The van der Waals surface area contributed by atoms with E-state index in [0.29, 0.717) is 31.1 Å². The molecule has 1 saturated heterocycles. The van der Waals surface area contributed by atoms with Gasteiger partial charge in [0.2, 0.25) is 10.0 Å². The van der Waals surface area contributed by atoms with Crippen molar-refractivity contribution in [1.29, 1.82) is 0 Å². The normalized spacial score (nSPS) is 18.2. The second-order valence-electron chi connectivity index (χ2n) is 7.31. The molecule has 27 heavy (non-hydrogen) atoms. The van der Waals surface area contributed by atoms with Gasteiger partial charge in [0, 0.05) is 25.2 Å². The second-order valence-corrected chi connectivity index (χ2v) is 9.24. The van der Waals surface area contributed by atoms with Crippen molar-refractivity contribution in [3.63, 3.8) is 0 Å². The Balaban J connectivity index is 1.66. The average Bonchev–Trinajstić information content (AvgIpc) is 2.66. The van der Waals surface area contributed by atoms with E-state index in [0.717, 1.165) is 24.0 Å². The van der Waals surface area contributed by atoms with Crippen LogP contribution in [0.4, 0.5) is 0 Å². The summed E-state index contributed by atoms with van der Waals surface area (Å²) in [5.41, 5.74) is 2.62. The predicted octanol–water partition coefficient (Wildman–Crippen LogP) is 3.35. The zero-order chi connectivity index (χ0) is 19.4. The lowest BCUT2D eigenvalue weighted by atomic mass is 10.0. The number of aryl methyl sites for hydroxylation is 1. The summed E-state index contributed by atoms with van der Waals surface area (Å²) in [6.45, 7) is 5.63. The molecule has 1 aliphatic heterocycles. The number of sulfonamides is 1. The first-order valence-electron chi connectivity index (χ1n) is 9.30. The van der Waals surface area contributed by atoms with E-state index < -0.39 is 10.0 Å². The van der Waals surface area contributed by atoms with E-state index in [4.69, 9.17) is 0 Å². The van der Waals surface area contributed by atoms with Crippen LogP contribution in [-0.4, -0.2) is 31.7 Å². The third-order valence-electron chi connectivity index (χ3n) is 4.91. The van der Waals surface area contributed by atoms with E-state index in [1.54, 1.807) is 16.4 Å². The number of nitrogens with one attached hydrogen (secondary N) is 1. The van der Waals surface area contributed by atoms with Gasteiger partial charge in [-0.3, -0.25) is 4.79 Å². The molecule has 0 radical (unpaired) electrons. The number of hydrogen-bond acceptors (Lipinski definition) is 3. The molecule has 0 saturated carbocycles. The number of benzene rings is 2. The maximum Gasteiger partial charge on any atom is 0.251 e. The van der Waals surface area contributed by atoms with Gasteiger partial charge in [-0.1, -0.05) is 36.8 Å². The zero-order valence-electron chi connectivity index (χ0n) is 15.8. The molecule has 0 aliphatic carbocycles. The van der Waals surface area contributed by atoms with Gasteiger partial charge in [-0.25, -0.2) is 8.42 Å². The van der Waals surface area contributed by atoms with Gasteiger partial charge in [0.1, 0.15) is 0 Å². The third-order valence-corrected chi connectivity index (χ3v) is 6.79. The van der Waals surface area contributed by atoms with Crippen LogP contribution in [0.3, 0.4) is 0 Å². The Morgan fingerprint density at radius 3 is 2.59 bits per heavy atom. The molecule has 6 heteroatoms. The van der Waals surface area contributed by atoms with Crippen LogP contribution < -0.4 is 5.32 Å². The van der Waals surface area contributed by atoms with Gasteiger partial charge >= 0.3 is 0 Å². The van der Waals surface area contributed by atoms with Gasteiger partial charge < -0.3 is 5.32 Å². The van der Waals surface area contributed by atoms with E-state index in [1.165, 1.54) is 12.1 Å². The second kappa shape index (κ2) is 8.23. The molecule has 1 atom stereocenters. The highest BCUT2D eigenvalue weighted by Gasteiger charge is 2.28. The summed E-state index contributed by atoms with van der Waals surface area (Å²) < 4.78 is 27.1. The summed E-state index contributed by atoms with van der Waals surface area (Å²) in [5.74, 6) is 0.159. The summed E-state index contributed by atoms with van der Waals surface area (Å²) in [6.07, 6.45) is 1.95. The number of nitrogens with zero attached hydrogens (tertiary/aromatic N) is 1. The van der Waals surface area contributed by atoms with Crippen LogP contribution >= 0.6 is 0 Å². The van der Waals surface area contributed by atoms with E-state index in [1.807, 2.05) is 31.2 Å². The van der Waals surface area contributed by atoms with Crippen LogP contribution in [0.25, 0.3) is 0 Å². The smallest absolute Gasteiger partial charge is 0.251 e.